The van der Waals surface area contributed by atoms with Crippen LogP contribution in [0.25, 0.3) is 0 Å². The summed E-state index contributed by atoms with van der Waals surface area (Å²) < 4.78 is 28.5. The van der Waals surface area contributed by atoms with Gasteiger partial charge in [-0.1, -0.05) is 51.8 Å². The highest BCUT2D eigenvalue weighted by Gasteiger charge is 2.31. The first-order chi connectivity index (χ1) is 14.8. The van der Waals surface area contributed by atoms with Crippen molar-refractivity contribution in [2.45, 2.75) is 4.90 Å². The summed E-state index contributed by atoms with van der Waals surface area (Å²) in [6, 6.07) is 18.9. The van der Waals surface area contributed by atoms with Crippen molar-refractivity contribution < 1.29 is 18.0 Å². The molecule has 0 heterocycles. The van der Waals surface area contributed by atoms with Crippen molar-refractivity contribution in [2.75, 3.05) is 10.0 Å². The van der Waals surface area contributed by atoms with Crippen molar-refractivity contribution in [3.05, 3.63) is 99.1 Å². The van der Waals surface area contributed by atoms with Gasteiger partial charge < -0.3 is 5.32 Å². The predicted octanol–water partition coefficient (Wildman–Crippen LogP) is 5.19. The fourth-order valence-corrected chi connectivity index (χ4v) is 4.61. The van der Waals surface area contributed by atoms with E-state index in [9.17, 15) is 18.0 Å². The lowest BCUT2D eigenvalue weighted by Gasteiger charge is -2.19. The third-order valence-corrected chi connectivity index (χ3v) is 6.88. The zero-order chi connectivity index (χ0) is 22.2. The summed E-state index contributed by atoms with van der Waals surface area (Å²) in [5.74, 6) is -0.855. The molecule has 31 heavy (non-hydrogen) atoms. The molecule has 1 aliphatic carbocycles. The van der Waals surface area contributed by atoms with E-state index in [0.29, 0.717) is 11.4 Å². The average molecular weight is 518 g/mol. The van der Waals surface area contributed by atoms with Crippen LogP contribution >= 0.6 is 27.5 Å². The number of ketones is 2. The number of allylic oxidation sites excluding steroid dienone is 2. The molecule has 9 heteroatoms. The van der Waals surface area contributed by atoms with Gasteiger partial charge in [0.2, 0.25) is 11.6 Å². The maximum absolute atomic E-state index is 12.8. The summed E-state index contributed by atoms with van der Waals surface area (Å²) in [5, 5.41) is 2.63. The Hall–Kier alpha value is -2.94. The highest BCUT2D eigenvalue weighted by molar-refractivity contribution is 9.10. The van der Waals surface area contributed by atoms with Crippen LogP contribution in [0.2, 0.25) is 0 Å². The first-order valence-corrected chi connectivity index (χ1v) is 11.7. The molecular weight excluding hydrogens is 504 g/mol. The van der Waals surface area contributed by atoms with Crippen LogP contribution in [0.5, 0.6) is 0 Å². The summed E-state index contributed by atoms with van der Waals surface area (Å²) in [7, 11) is -3.80. The van der Waals surface area contributed by atoms with Crippen LogP contribution in [0, 0.1) is 0 Å². The molecule has 3 aromatic rings. The molecule has 4 rings (SSSR count). The number of hydrogen-bond acceptors (Lipinski definition) is 5. The van der Waals surface area contributed by atoms with Gasteiger partial charge in [-0.2, -0.15) is 0 Å². The van der Waals surface area contributed by atoms with E-state index < -0.39 is 21.6 Å². The topological polar surface area (TPSA) is 92.3 Å². The van der Waals surface area contributed by atoms with E-state index in [-0.39, 0.29) is 26.8 Å². The smallest absolute Gasteiger partial charge is 0.261 e. The number of fused-ring (bicyclic) bond motifs is 1. The fourth-order valence-electron chi connectivity index (χ4n) is 3.05. The number of hydrogen-bond donors (Lipinski definition) is 2. The second-order valence-electron chi connectivity index (χ2n) is 6.65. The van der Waals surface area contributed by atoms with Gasteiger partial charge >= 0.3 is 0 Å². The Labute approximate surface area is 192 Å². The molecule has 0 spiro atoms. The summed E-state index contributed by atoms with van der Waals surface area (Å²) in [4.78, 5) is 25.3. The summed E-state index contributed by atoms with van der Waals surface area (Å²) in [6.45, 7) is 0. The van der Waals surface area contributed by atoms with Gasteiger partial charge in [0.15, 0.2) is 0 Å². The van der Waals surface area contributed by atoms with Crippen molar-refractivity contribution in [3.63, 3.8) is 0 Å². The SMILES string of the molecule is O=C1C(Cl)=C(Nc2ccc(S(=O)(=O)Nc3ccc(Br)cc3)cc2)C(=O)c2ccccc21. The van der Waals surface area contributed by atoms with Crippen LogP contribution in [0.3, 0.4) is 0 Å². The standard InChI is InChI=1S/C22H14BrClN2O4S/c23-13-5-7-15(8-6-13)26-31(29,30)16-11-9-14(10-12-16)25-20-19(24)21(27)17-3-1-2-4-18(17)22(20)28/h1-12,25-26H. The molecule has 156 valence electrons. The van der Waals surface area contributed by atoms with E-state index in [1.807, 2.05) is 0 Å². The van der Waals surface area contributed by atoms with E-state index >= 15 is 0 Å². The minimum absolute atomic E-state index is 0.0393. The zero-order valence-corrected chi connectivity index (χ0v) is 18.9. The maximum atomic E-state index is 12.8. The molecule has 2 N–H and O–H groups in total. The Morgan fingerprint density at radius 2 is 1.29 bits per heavy atom. The van der Waals surface area contributed by atoms with Gasteiger partial charge in [0.25, 0.3) is 10.0 Å². The number of nitrogens with one attached hydrogen (secondary N) is 2. The zero-order valence-electron chi connectivity index (χ0n) is 15.7. The van der Waals surface area contributed by atoms with Crippen LogP contribution in [-0.2, 0) is 10.0 Å². The number of rotatable bonds is 5. The highest BCUT2D eigenvalue weighted by Crippen LogP contribution is 2.29. The summed E-state index contributed by atoms with van der Waals surface area (Å²) in [6.07, 6.45) is 0. The third kappa shape index (κ3) is 4.27. The predicted molar refractivity (Wildman–Crippen MR) is 123 cm³/mol. The van der Waals surface area contributed by atoms with Crippen LogP contribution in [0.15, 0.2) is 92.9 Å². The Morgan fingerprint density at radius 1 is 0.742 bits per heavy atom. The number of sulfonamides is 1. The lowest BCUT2D eigenvalue weighted by molar-refractivity contribution is 0.0982. The second kappa shape index (κ2) is 8.30. The normalized spacial score (nSPS) is 13.7. The van der Waals surface area contributed by atoms with E-state index in [0.717, 1.165) is 4.47 Å². The molecule has 3 aromatic carbocycles. The molecule has 1 aliphatic rings. The minimum Gasteiger partial charge on any atom is -0.351 e. The van der Waals surface area contributed by atoms with Gasteiger partial charge in [0.1, 0.15) is 10.7 Å². The molecule has 0 unspecified atom stereocenters. The molecule has 0 atom stereocenters. The second-order valence-corrected chi connectivity index (χ2v) is 9.63. The van der Waals surface area contributed by atoms with Gasteiger partial charge in [-0.3, -0.25) is 14.3 Å². The van der Waals surface area contributed by atoms with Crippen molar-refractivity contribution in [1.82, 2.24) is 0 Å². The van der Waals surface area contributed by atoms with Crippen LogP contribution in [-0.4, -0.2) is 20.0 Å². The minimum atomic E-state index is -3.80. The molecular formula is C22H14BrClN2O4S. The Balaban J connectivity index is 1.56. The molecule has 0 bridgehead atoms. The monoisotopic (exact) mass is 516 g/mol. The number of carbonyl (C=O) groups is 2. The van der Waals surface area contributed by atoms with E-state index in [2.05, 4.69) is 26.0 Å². The van der Waals surface area contributed by atoms with Crippen molar-refractivity contribution >= 4 is 60.5 Å². The van der Waals surface area contributed by atoms with Crippen molar-refractivity contribution in [1.29, 1.82) is 0 Å². The van der Waals surface area contributed by atoms with Crippen molar-refractivity contribution in [2.24, 2.45) is 0 Å². The fraction of sp³-hybridized carbons (Fsp3) is 0. The Morgan fingerprint density at radius 3 is 1.90 bits per heavy atom. The molecule has 0 aliphatic heterocycles. The molecule has 0 aromatic heterocycles. The van der Waals surface area contributed by atoms with Gasteiger partial charge in [-0.05, 0) is 48.5 Å². The van der Waals surface area contributed by atoms with E-state index in [1.165, 1.54) is 24.3 Å². The Bertz CT molecular complexity index is 1330. The van der Waals surface area contributed by atoms with Gasteiger partial charge in [-0.25, -0.2) is 8.42 Å². The van der Waals surface area contributed by atoms with E-state index in [1.54, 1.807) is 48.5 Å². The maximum Gasteiger partial charge on any atom is 0.261 e. The summed E-state index contributed by atoms with van der Waals surface area (Å²) in [5.41, 5.74) is 1.30. The molecule has 6 nitrogen and oxygen atoms in total. The number of benzene rings is 3. The van der Waals surface area contributed by atoms with E-state index in [4.69, 9.17) is 11.6 Å². The molecule has 0 fully saturated rings. The summed E-state index contributed by atoms with van der Waals surface area (Å²) >= 11 is 9.45. The largest absolute Gasteiger partial charge is 0.351 e. The van der Waals surface area contributed by atoms with Crippen LogP contribution < -0.4 is 10.0 Å². The molecule has 0 saturated heterocycles. The van der Waals surface area contributed by atoms with Gasteiger partial charge in [-0.15, -0.1) is 0 Å². The average Bonchev–Trinajstić information content (AvgIpc) is 2.77. The first-order valence-electron chi connectivity index (χ1n) is 9.00. The quantitative estimate of drug-likeness (QED) is 0.486. The molecule has 0 amide bonds. The number of Topliss-reactive ketones (excluding diaryl/α,β-unsaturated/α-hetero) is 2. The van der Waals surface area contributed by atoms with Gasteiger partial charge in [0, 0.05) is 27.0 Å². The molecule has 0 saturated carbocycles. The lowest BCUT2D eigenvalue weighted by Crippen LogP contribution is -2.24. The number of halogens is 2. The lowest BCUT2D eigenvalue weighted by atomic mass is 9.92. The Kier molecular flexibility index (Phi) is 5.70. The third-order valence-electron chi connectivity index (χ3n) is 4.59. The number of carbonyl (C=O) groups excluding carboxylic acids is 2. The van der Waals surface area contributed by atoms with Crippen LogP contribution in [0.4, 0.5) is 11.4 Å². The number of anilines is 2. The first kappa shape index (κ1) is 21.3. The van der Waals surface area contributed by atoms with Crippen molar-refractivity contribution in [3.8, 4) is 0 Å². The molecule has 0 radical (unpaired) electrons. The van der Waals surface area contributed by atoms with Crippen LogP contribution in [0.1, 0.15) is 20.7 Å². The van der Waals surface area contributed by atoms with Gasteiger partial charge in [0.05, 0.1) is 4.90 Å². The highest BCUT2D eigenvalue weighted by atomic mass is 79.9.